The highest BCUT2D eigenvalue weighted by atomic mass is 35.5. The molecule has 2 aromatic heterocycles. The average Bonchev–Trinajstić information content (AvgIpc) is 3.08. The van der Waals surface area contributed by atoms with E-state index in [1.807, 2.05) is 24.4 Å². The molecule has 0 fully saturated rings. The van der Waals surface area contributed by atoms with Crippen LogP contribution in [0.1, 0.15) is 5.56 Å². The van der Waals surface area contributed by atoms with E-state index in [9.17, 15) is 10.1 Å². The van der Waals surface area contributed by atoms with Gasteiger partial charge in [-0.3, -0.25) is 10.1 Å². The van der Waals surface area contributed by atoms with Crippen LogP contribution in [0.2, 0.25) is 5.02 Å². The Balaban J connectivity index is 1.67. The van der Waals surface area contributed by atoms with Crippen LogP contribution in [-0.2, 0) is 6.54 Å². The molecular formula is C15H12ClN5O2. The van der Waals surface area contributed by atoms with Gasteiger partial charge in [0.05, 0.1) is 15.6 Å². The quantitative estimate of drug-likeness (QED) is 0.572. The summed E-state index contributed by atoms with van der Waals surface area (Å²) in [6.45, 7) is 0.504. The van der Waals surface area contributed by atoms with E-state index >= 15 is 0 Å². The molecule has 0 amide bonds. The smallest absolute Gasteiger partial charge is 0.271 e. The minimum atomic E-state index is -0.479. The van der Waals surface area contributed by atoms with Crippen molar-refractivity contribution in [2.75, 3.05) is 5.32 Å². The topological polar surface area (TPSA) is 85.9 Å². The third kappa shape index (κ3) is 3.46. The second kappa shape index (κ2) is 6.45. The van der Waals surface area contributed by atoms with Crippen LogP contribution in [0, 0.1) is 10.1 Å². The number of halogens is 1. The lowest BCUT2D eigenvalue weighted by Crippen LogP contribution is -2.03. The molecule has 0 aliphatic heterocycles. The molecule has 1 N–H and O–H groups in total. The number of hydrogen-bond acceptors (Lipinski definition) is 5. The maximum absolute atomic E-state index is 10.7. The van der Waals surface area contributed by atoms with Gasteiger partial charge < -0.3 is 5.32 Å². The Morgan fingerprint density at radius 2 is 2.17 bits per heavy atom. The molecule has 0 saturated carbocycles. The summed E-state index contributed by atoms with van der Waals surface area (Å²) in [7, 11) is 0. The summed E-state index contributed by atoms with van der Waals surface area (Å²) in [6.07, 6.45) is 5.24. The molecule has 3 rings (SSSR count). The van der Waals surface area contributed by atoms with Gasteiger partial charge in [0, 0.05) is 37.3 Å². The van der Waals surface area contributed by atoms with Gasteiger partial charge in [-0.15, -0.1) is 0 Å². The monoisotopic (exact) mass is 329 g/mol. The van der Waals surface area contributed by atoms with Gasteiger partial charge in [-0.1, -0.05) is 17.7 Å². The molecule has 0 saturated heterocycles. The molecule has 1 aromatic carbocycles. The number of rotatable bonds is 5. The average molecular weight is 330 g/mol. The van der Waals surface area contributed by atoms with Crippen LogP contribution in [0.25, 0.3) is 5.82 Å². The van der Waals surface area contributed by atoms with E-state index in [1.165, 1.54) is 12.1 Å². The Bertz CT molecular complexity index is 818. The molecule has 0 radical (unpaired) electrons. The van der Waals surface area contributed by atoms with E-state index in [2.05, 4.69) is 15.4 Å². The molecular weight excluding hydrogens is 318 g/mol. The van der Waals surface area contributed by atoms with Crippen molar-refractivity contribution in [2.24, 2.45) is 0 Å². The van der Waals surface area contributed by atoms with Crippen molar-refractivity contribution in [3.05, 3.63) is 75.7 Å². The lowest BCUT2D eigenvalue weighted by molar-refractivity contribution is -0.384. The van der Waals surface area contributed by atoms with Crippen molar-refractivity contribution < 1.29 is 4.92 Å². The fourth-order valence-electron chi connectivity index (χ4n) is 2.02. The second-order valence-corrected chi connectivity index (χ2v) is 5.16. The number of anilines is 1. The molecule has 3 aromatic rings. The van der Waals surface area contributed by atoms with Crippen molar-refractivity contribution in [2.45, 2.75) is 6.54 Å². The summed E-state index contributed by atoms with van der Waals surface area (Å²) in [5.74, 6) is 0.729. The standard InChI is InChI=1S/C15H12ClN5O2/c16-13-8-12(21(22)23)3-4-14(13)17-9-11-2-5-15(18-10-11)20-7-1-6-19-20/h1-8,10,17H,9H2. The van der Waals surface area contributed by atoms with E-state index in [1.54, 1.807) is 23.1 Å². The molecule has 0 bridgehead atoms. The zero-order valence-electron chi connectivity index (χ0n) is 11.9. The van der Waals surface area contributed by atoms with Crippen LogP contribution < -0.4 is 5.32 Å². The number of aromatic nitrogens is 3. The summed E-state index contributed by atoms with van der Waals surface area (Å²) in [5, 5.41) is 18.2. The molecule has 8 heteroatoms. The number of nitro benzene ring substituents is 1. The SMILES string of the molecule is O=[N+]([O-])c1ccc(NCc2ccc(-n3cccn3)nc2)c(Cl)c1. The number of benzene rings is 1. The van der Waals surface area contributed by atoms with E-state index in [4.69, 9.17) is 11.6 Å². The summed E-state index contributed by atoms with van der Waals surface area (Å²) in [5.41, 5.74) is 1.55. The maximum atomic E-state index is 10.7. The van der Waals surface area contributed by atoms with Crippen molar-refractivity contribution in [1.29, 1.82) is 0 Å². The molecule has 0 atom stereocenters. The molecule has 7 nitrogen and oxygen atoms in total. The number of pyridine rings is 1. The molecule has 23 heavy (non-hydrogen) atoms. The van der Waals surface area contributed by atoms with Gasteiger partial charge in [-0.2, -0.15) is 5.10 Å². The van der Waals surface area contributed by atoms with E-state index in [0.717, 1.165) is 11.4 Å². The van der Waals surface area contributed by atoms with Gasteiger partial charge in [-0.05, 0) is 23.8 Å². The predicted octanol–water partition coefficient (Wildman–Crippen LogP) is 3.44. The molecule has 0 aliphatic rings. The third-order valence-electron chi connectivity index (χ3n) is 3.19. The lowest BCUT2D eigenvalue weighted by atomic mass is 10.2. The van der Waals surface area contributed by atoms with E-state index < -0.39 is 4.92 Å². The highest BCUT2D eigenvalue weighted by Crippen LogP contribution is 2.26. The van der Waals surface area contributed by atoms with Crippen LogP contribution in [0.4, 0.5) is 11.4 Å². The van der Waals surface area contributed by atoms with Crippen LogP contribution in [0.15, 0.2) is 55.0 Å². The molecule has 0 aliphatic carbocycles. The van der Waals surface area contributed by atoms with Crippen molar-refractivity contribution in [1.82, 2.24) is 14.8 Å². The largest absolute Gasteiger partial charge is 0.380 e. The summed E-state index contributed by atoms with van der Waals surface area (Å²) in [4.78, 5) is 14.5. The highest BCUT2D eigenvalue weighted by molar-refractivity contribution is 6.33. The summed E-state index contributed by atoms with van der Waals surface area (Å²) in [6, 6.07) is 9.94. The Kier molecular flexibility index (Phi) is 4.20. The zero-order chi connectivity index (χ0) is 16.2. The molecule has 2 heterocycles. The van der Waals surface area contributed by atoms with Gasteiger partial charge >= 0.3 is 0 Å². The van der Waals surface area contributed by atoms with Crippen molar-refractivity contribution in [3.63, 3.8) is 0 Å². The number of non-ortho nitro benzene ring substituents is 1. The fourth-order valence-corrected chi connectivity index (χ4v) is 2.26. The Hall–Kier alpha value is -2.93. The van der Waals surface area contributed by atoms with Crippen LogP contribution in [0.3, 0.4) is 0 Å². The van der Waals surface area contributed by atoms with Crippen LogP contribution in [0.5, 0.6) is 0 Å². The maximum Gasteiger partial charge on any atom is 0.271 e. The second-order valence-electron chi connectivity index (χ2n) is 4.75. The Labute approximate surface area is 136 Å². The Morgan fingerprint density at radius 1 is 1.30 bits per heavy atom. The number of nitrogens with zero attached hydrogens (tertiary/aromatic N) is 4. The molecule has 116 valence electrons. The minimum Gasteiger partial charge on any atom is -0.380 e. The van der Waals surface area contributed by atoms with Crippen molar-refractivity contribution >= 4 is 23.0 Å². The predicted molar refractivity (Wildman–Crippen MR) is 86.8 cm³/mol. The first-order valence-electron chi connectivity index (χ1n) is 6.76. The lowest BCUT2D eigenvalue weighted by Gasteiger charge is -2.08. The molecule has 0 unspecified atom stereocenters. The van der Waals surface area contributed by atoms with Gasteiger partial charge in [0.1, 0.15) is 0 Å². The van der Waals surface area contributed by atoms with Crippen molar-refractivity contribution in [3.8, 4) is 5.82 Å². The van der Waals surface area contributed by atoms with E-state index in [-0.39, 0.29) is 5.69 Å². The minimum absolute atomic E-state index is 0.0363. The number of nitro groups is 1. The number of hydrogen-bond donors (Lipinski definition) is 1. The van der Waals surface area contributed by atoms with Crippen LogP contribution >= 0.6 is 11.6 Å². The highest BCUT2D eigenvalue weighted by Gasteiger charge is 2.09. The zero-order valence-corrected chi connectivity index (χ0v) is 12.6. The Morgan fingerprint density at radius 3 is 2.78 bits per heavy atom. The van der Waals surface area contributed by atoms with E-state index in [0.29, 0.717) is 17.3 Å². The first-order valence-corrected chi connectivity index (χ1v) is 7.14. The van der Waals surface area contributed by atoms with Gasteiger partial charge in [0.2, 0.25) is 0 Å². The summed E-state index contributed by atoms with van der Waals surface area (Å²) < 4.78 is 1.67. The van der Waals surface area contributed by atoms with Gasteiger partial charge in [0.25, 0.3) is 5.69 Å². The number of nitrogens with one attached hydrogen (secondary N) is 1. The third-order valence-corrected chi connectivity index (χ3v) is 3.51. The first kappa shape index (κ1) is 15.0. The van der Waals surface area contributed by atoms with Crippen LogP contribution in [-0.4, -0.2) is 19.7 Å². The van der Waals surface area contributed by atoms with Gasteiger partial charge in [0.15, 0.2) is 5.82 Å². The first-order chi connectivity index (χ1) is 11.1. The molecule has 0 spiro atoms. The summed E-state index contributed by atoms with van der Waals surface area (Å²) >= 11 is 6.04. The van der Waals surface area contributed by atoms with Gasteiger partial charge in [-0.25, -0.2) is 9.67 Å². The normalized spacial score (nSPS) is 10.5. The fraction of sp³-hybridized carbons (Fsp3) is 0.0667.